The number of rotatable bonds is 5. The van der Waals surface area contributed by atoms with E-state index in [0.717, 1.165) is 9.80 Å². The molecule has 8 nitrogen and oxygen atoms in total. The average molecular weight is 378 g/mol. The van der Waals surface area contributed by atoms with Gasteiger partial charge in [-0.15, -0.1) is 0 Å². The Kier molecular flexibility index (Phi) is 5.75. The van der Waals surface area contributed by atoms with E-state index < -0.39 is 23.6 Å². The van der Waals surface area contributed by atoms with Gasteiger partial charge in [0.15, 0.2) is 0 Å². The van der Waals surface area contributed by atoms with Gasteiger partial charge in [-0.1, -0.05) is 13.2 Å². The van der Waals surface area contributed by atoms with E-state index in [2.05, 4.69) is 13.2 Å². The van der Waals surface area contributed by atoms with Gasteiger partial charge in [0, 0.05) is 24.2 Å². The number of nitriles is 2. The minimum absolute atomic E-state index is 0.0201. The van der Waals surface area contributed by atoms with Gasteiger partial charge in [0.1, 0.15) is 23.3 Å². The molecule has 0 radical (unpaired) electrons. The number of hydrogen-bond donors (Lipinski definition) is 0. The first-order valence-corrected chi connectivity index (χ1v) is 8.50. The molecule has 28 heavy (non-hydrogen) atoms. The topological polar surface area (TPSA) is 122 Å². The van der Waals surface area contributed by atoms with Crippen LogP contribution in [0.25, 0.3) is 0 Å². The molecule has 0 saturated heterocycles. The van der Waals surface area contributed by atoms with E-state index >= 15 is 0 Å². The zero-order chi connectivity index (χ0) is 21.2. The molecule has 0 saturated carbocycles. The highest BCUT2D eigenvalue weighted by Gasteiger charge is 2.35. The molecule has 0 bridgehead atoms. The number of imide groups is 2. The summed E-state index contributed by atoms with van der Waals surface area (Å²) in [6.45, 7) is 10.3. The van der Waals surface area contributed by atoms with Crippen LogP contribution >= 0.6 is 0 Å². The second-order valence-electron chi connectivity index (χ2n) is 6.41. The normalized spacial score (nSPS) is 18.1. The van der Waals surface area contributed by atoms with Gasteiger partial charge in [0.05, 0.1) is 0 Å². The van der Waals surface area contributed by atoms with Gasteiger partial charge in [-0.05, 0) is 37.8 Å². The Morgan fingerprint density at radius 3 is 1.32 bits per heavy atom. The van der Waals surface area contributed by atoms with Crippen LogP contribution in [0.3, 0.4) is 0 Å². The van der Waals surface area contributed by atoms with Crippen LogP contribution in [0, 0.1) is 22.7 Å². The fourth-order valence-corrected chi connectivity index (χ4v) is 2.93. The molecule has 0 aliphatic carbocycles. The smallest absolute Gasteiger partial charge is 0.271 e. The molecule has 0 atom stereocenters. The van der Waals surface area contributed by atoms with Crippen LogP contribution in [0.1, 0.15) is 26.7 Å². The monoisotopic (exact) mass is 378 g/mol. The lowest BCUT2D eigenvalue weighted by atomic mass is 9.96. The second-order valence-corrected chi connectivity index (χ2v) is 6.41. The van der Waals surface area contributed by atoms with E-state index in [0.29, 0.717) is 12.8 Å². The zero-order valence-electron chi connectivity index (χ0n) is 15.7. The van der Waals surface area contributed by atoms with E-state index in [-0.39, 0.29) is 46.5 Å². The number of nitrogens with zero attached hydrogens (tertiary/aromatic N) is 4. The third-order valence-electron chi connectivity index (χ3n) is 4.82. The fraction of sp³-hybridized carbons (Fsp3) is 0.300. The molecule has 2 aliphatic rings. The molecular weight excluding hydrogens is 360 g/mol. The summed E-state index contributed by atoms with van der Waals surface area (Å²) >= 11 is 0. The Hall–Kier alpha value is -3.78. The molecule has 0 unspecified atom stereocenters. The van der Waals surface area contributed by atoms with Crippen LogP contribution in [-0.2, 0) is 19.2 Å². The van der Waals surface area contributed by atoms with Crippen molar-refractivity contribution in [3.63, 3.8) is 0 Å². The Bertz CT molecular complexity index is 905. The number of amides is 4. The SMILES string of the molecule is C=C1C(=O)N(CCCCN2C(=O)C(=C)C(C)=C(C#N)C2=O)C(=O)C(C#N)=C1C. The highest BCUT2D eigenvalue weighted by Crippen LogP contribution is 2.25. The third kappa shape index (κ3) is 3.28. The van der Waals surface area contributed by atoms with Gasteiger partial charge in [0.25, 0.3) is 23.6 Å². The number of unbranched alkanes of at least 4 members (excludes halogenated alkanes) is 1. The molecular formula is C20H18N4O4. The van der Waals surface area contributed by atoms with Crippen LogP contribution in [0.15, 0.2) is 46.6 Å². The molecule has 2 rings (SSSR count). The maximum atomic E-state index is 12.3. The Morgan fingerprint density at radius 2 is 1.04 bits per heavy atom. The van der Waals surface area contributed by atoms with E-state index in [1.165, 1.54) is 13.8 Å². The van der Waals surface area contributed by atoms with E-state index in [1.807, 2.05) is 0 Å². The van der Waals surface area contributed by atoms with Crippen LogP contribution < -0.4 is 0 Å². The summed E-state index contributed by atoms with van der Waals surface area (Å²) in [5.74, 6) is -2.49. The quantitative estimate of drug-likeness (QED) is 0.404. The van der Waals surface area contributed by atoms with Crippen molar-refractivity contribution in [3.05, 3.63) is 46.6 Å². The highest BCUT2D eigenvalue weighted by molar-refractivity contribution is 6.18. The van der Waals surface area contributed by atoms with Gasteiger partial charge < -0.3 is 0 Å². The molecule has 2 aliphatic heterocycles. The Labute approximate surface area is 162 Å². The first kappa shape index (κ1) is 20.5. The van der Waals surface area contributed by atoms with E-state index in [1.54, 1.807) is 12.1 Å². The van der Waals surface area contributed by atoms with Gasteiger partial charge in [-0.25, -0.2) is 0 Å². The van der Waals surface area contributed by atoms with Crippen molar-refractivity contribution in [2.24, 2.45) is 0 Å². The third-order valence-corrected chi connectivity index (χ3v) is 4.82. The summed E-state index contributed by atoms with van der Waals surface area (Å²) in [7, 11) is 0. The molecule has 0 aromatic carbocycles. The lowest BCUT2D eigenvalue weighted by Gasteiger charge is -2.28. The first-order valence-electron chi connectivity index (χ1n) is 8.50. The van der Waals surface area contributed by atoms with Crippen molar-refractivity contribution in [2.75, 3.05) is 13.1 Å². The summed E-state index contributed by atoms with van der Waals surface area (Å²) in [6.07, 6.45) is 0.604. The predicted octanol–water partition coefficient (Wildman–Crippen LogP) is 1.30. The molecule has 0 N–H and O–H groups in total. The standard InChI is InChI=1S/C20H18N4O4/c1-11-13(3)17(25)23(19(27)15(11)9-21)7-5-6-8-24-18(26)14(4)12(2)16(10-22)20(24)28/h3-8H2,1-2H3. The largest absolute Gasteiger partial charge is 0.274 e. The minimum Gasteiger partial charge on any atom is -0.274 e. The molecule has 4 amide bonds. The molecule has 0 aromatic rings. The summed E-state index contributed by atoms with van der Waals surface area (Å²) in [4.78, 5) is 51.0. The Morgan fingerprint density at radius 1 is 0.714 bits per heavy atom. The first-order chi connectivity index (χ1) is 13.2. The van der Waals surface area contributed by atoms with Gasteiger partial charge >= 0.3 is 0 Å². The summed E-state index contributed by atoms with van der Waals surface area (Å²) in [5, 5.41) is 18.2. The van der Waals surface area contributed by atoms with Crippen molar-refractivity contribution < 1.29 is 19.2 Å². The maximum absolute atomic E-state index is 12.3. The predicted molar refractivity (Wildman–Crippen MR) is 97.6 cm³/mol. The molecule has 2 heterocycles. The van der Waals surface area contributed by atoms with Crippen molar-refractivity contribution >= 4 is 23.6 Å². The average Bonchev–Trinajstić information content (AvgIpc) is 2.67. The lowest BCUT2D eigenvalue weighted by Crippen LogP contribution is -2.44. The van der Waals surface area contributed by atoms with Crippen molar-refractivity contribution in [1.82, 2.24) is 9.80 Å². The van der Waals surface area contributed by atoms with Crippen molar-refractivity contribution in [3.8, 4) is 12.1 Å². The lowest BCUT2D eigenvalue weighted by molar-refractivity contribution is -0.142. The van der Waals surface area contributed by atoms with E-state index in [9.17, 15) is 19.2 Å². The van der Waals surface area contributed by atoms with Crippen LogP contribution in [0.4, 0.5) is 0 Å². The van der Waals surface area contributed by atoms with Crippen LogP contribution in [0.5, 0.6) is 0 Å². The van der Waals surface area contributed by atoms with Gasteiger partial charge in [-0.3, -0.25) is 29.0 Å². The number of carbonyl (C=O) groups excluding carboxylic acids is 4. The van der Waals surface area contributed by atoms with Crippen molar-refractivity contribution in [2.45, 2.75) is 26.7 Å². The molecule has 8 heteroatoms. The number of carbonyl (C=O) groups is 4. The molecule has 0 fully saturated rings. The minimum atomic E-state index is -0.679. The maximum Gasteiger partial charge on any atom is 0.271 e. The zero-order valence-corrected chi connectivity index (χ0v) is 15.7. The summed E-state index contributed by atoms with van der Waals surface area (Å²) in [5.41, 5.74) is 0.468. The summed E-state index contributed by atoms with van der Waals surface area (Å²) < 4.78 is 0. The van der Waals surface area contributed by atoms with E-state index in [4.69, 9.17) is 10.5 Å². The van der Waals surface area contributed by atoms with Crippen molar-refractivity contribution in [1.29, 1.82) is 10.5 Å². The number of hydrogen-bond acceptors (Lipinski definition) is 6. The molecule has 142 valence electrons. The van der Waals surface area contributed by atoms with Gasteiger partial charge in [0.2, 0.25) is 0 Å². The molecule has 0 aromatic heterocycles. The van der Waals surface area contributed by atoms with Gasteiger partial charge in [-0.2, -0.15) is 10.5 Å². The summed E-state index contributed by atoms with van der Waals surface area (Å²) in [6, 6.07) is 3.58. The van der Waals surface area contributed by atoms with Crippen LogP contribution in [-0.4, -0.2) is 46.5 Å². The Balaban J connectivity index is 2.04. The van der Waals surface area contributed by atoms with Crippen LogP contribution in [0.2, 0.25) is 0 Å². The highest BCUT2D eigenvalue weighted by atomic mass is 16.2. The fourth-order valence-electron chi connectivity index (χ4n) is 2.93. The second kappa shape index (κ2) is 7.85. The molecule has 0 spiro atoms.